The van der Waals surface area contributed by atoms with E-state index in [0.29, 0.717) is 21.9 Å². The second-order valence-electron chi connectivity index (χ2n) is 7.29. The fourth-order valence-corrected chi connectivity index (χ4v) is 3.08. The molecule has 0 saturated heterocycles. The quantitative estimate of drug-likeness (QED) is 0.409. The van der Waals surface area contributed by atoms with Crippen molar-refractivity contribution in [3.63, 3.8) is 0 Å². The highest BCUT2D eigenvalue weighted by molar-refractivity contribution is 9.10. The Labute approximate surface area is 190 Å². The minimum absolute atomic E-state index is 0.00122. The van der Waals surface area contributed by atoms with Gasteiger partial charge in [-0.25, -0.2) is 5.43 Å². The molecule has 6 nitrogen and oxygen atoms in total. The van der Waals surface area contributed by atoms with Gasteiger partial charge in [0.15, 0.2) is 0 Å². The van der Waals surface area contributed by atoms with Gasteiger partial charge in [-0.05, 0) is 62.2 Å². The van der Waals surface area contributed by atoms with Gasteiger partial charge >= 0.3 is 0 Å². The first kappa shape index (κ1) is 23.9. The number of carbonyl (C=O) groups is 2. The van der Waals surface area contributed by atoms with Crippen molar-refractivity contribution < 1.29 is 14.3 Å². The number of nitrogens with zero attached hydrogens (tertiary/aromatic N) is 1. The Kier molecular flexibility index (Phi) is 8.87. The van der Waals surface area contributed by atoms with E-state index in [1.165, 1.54) is 6.21 Å². The molecule has 2 amide bonds. The number of amides is 2. The van der Waals surface area contributed by atoms with Gasteiger partial charge in [-0.15, -0.1) is 0 Å². The average molecular weight is 495 g/mol. The van der Waals surface area contributed by atoms with E-state index in [9.17, 15) is 9.59 Å². The predicted octanol–water partition coefficient (Wildman–Crippen LogP) is 4.79. The molecule has 30 heavy (non-hydrogen) atoms. The Bertz CT molecular complexity index is 914. The van der Waals surface area contributed by atoms with Gasteiger partial charge in [0.1, 0.15) is 11.8 Å². The SMILES string of the molecule is CC(C)Oc1ccc(Br)cc1C=NNC(=O)C(NC(=O)c1ccc(Cl)cc1)C(C)C. The number of hydrazone groups is 1. The fraction of sp³-hybridized carbons (Fsp3) is 0.318. The van der Waals surface area contributed by atoms with Crippen LogP contribution >= 0.6 is 27.5 Å². The molecule has 160 valence electrons. The van der Waals surface area contributed by atoms with E-state index < -0.39 is 11.9 Å². The number of benzene rings is 2. The number of halogens is 2. The zero-order valence-electron chi connectivity index (χ0n) is 17.3. The fourth-order valence-electron chi connectivity index (χ4n) is 2.58. The second-order valence-corrected chi connectivity index (χ2v) is 8.64. The molecule has 2 aromatic carbocycles. The van der Waals surface area contributed by atoms with Crippen LogP contribution in [0, 0.1) is 5.92 Å². The highest BCUT2D eigenvalue weighted by Crippen LogP contribution is 2.22. The van der Waals surface area contributed by atoms with Gasteiger partial charge in [0.25, 0.3) is 11.8 Å². The maximum atomic E-state index is 12.6. The van der Waals surface area contributed by atoms with Crippen molar-refractivity contribution in [1.29, 1.82) is 0 Å². The molecular formula is C22H25BrClN3O3. The predicted molar refractivity (Wildman–Crippen MR) is 123 cm³/mol. The number of nitrogens with one attached hydrogen (secondary N) is 2. The standard InChI is InChI=1S/C22H25BrClN3O3/c1-13(2)20(26-21(28)15-5-8-18(24)9-6-15)22(29)27-25-12-16-11-17(23)7-10-19(16)30-14(3)4/h5-14,20H,1-4H3,(H,26,28)(H,27,29). The van der Waals surface area contributed by atoms with Crippen molar-refractivity contribution >= 4 is 45.6 Å². The van der Waals surface area contributed by atoms with E-state index in [0.717, 1.165) is 4.47 Å². The number of hydrogen-bond donors (Lipinski definition) is 2. The molecule has 1 atom stereocenters. The van der Waals surface area contributed by atoms with Gasteiger partial charge in [0.05, 0.1) is 12.3 Å². The number of ether oxygens (including phenoxy) is 1. The Morgan fingerprint density at radius 3 is 2.37 bits per heavy atom. The summed E-state index contributed by atoms with van der Waals surface area (Å²) in [5, 5.41) is 7.33. The average Bonchev–Trinajstić information content (AvgIpc) is 2.67. The summed E-state index contributed by atoms with van der Waals surface area (Å²) in [4.78, 5) is 25.1. The molecule has 2 rings (SSSR count). The molecule has 2 aromatic rings. The van der Waals surface area contributed by atoms with Crippen LogP contribution in [0.15, 0.2) is 52.0 Å². The molecule has 8 heteroatoms. The lowest BCUT2D eigenvalue weighted by Gasteiger charge is -2.20. The molecule has 2 N–H and O–H groups in total. The molecule has 0 aromatic heterocycles. The minimum atomic E-state index is -0.751. The largest absolute Gasteiger partial charge is 0.490 e. The Morgan fingerprint density at radius 2 is 1.77 bits per heavy atom. The maximum absolute atomic E-state index is 12.6. The molecule has 0 aliphatic heterocycles. The maximum Gasteiger partial charge on any atom is 0.262 e. The molecule has 0 fully saturated rings. The van der Waals surface area contributed by atoms with Gasteiger partial charge < -0.3 is 10.1 Å². The van der Waals surface area contributed by atoms with Crippen LogP contribution in [0.1, 0.15) is 43.6 Å². The van der Waals surface area contributed by atoms with Crippen LogP contribution < -0.4 is 15.5 Å². The Balaban J connectivity index is 2.07. The molecule has 0 heterocycles. The Morgan fingerprint density at radius 1 is 1.10 bits per heavy atom. The number of hydrogen-bond acceptors (Lipinski definition) is 4. The van der Waals surface area contributed by atoms with Crippen molar-refractivity contribution in [2.45, 2.75) is 39.8 Å². The van der Waals surface area contributed by atoms with E-state index in [4.69, 9.17) is 16.3 Å². The lowest BCUT2D eigenvalue weighted by atomic mass is 10.0. The summed E-state index contributed by atoms with van der Waals surface area (Å²) >= 11 is 9.27. The lowest BCUT2D eigenvalue weighted by Crippen LogP contribution is -2.48. The van der Waals surface area contributed by atoms with Gasteiger partial charge in [0, 0.05) is 20.6 Å². The van der Waals surface area contributed by atoms with Gasteiger partial charge in [0.2, 0.25) is 0 Å². The zero-order chi connectivity index (χ0) is 22.3. The van der Waals surface area contributed by atoms with E-state index >= 15 is 0 Å². The summed E-state index contributed by atoms with van der Waals surface area (Å²) in [6.45, 7) is 7.56. The third-order valence-electron chi connectivity index (χ3n) is 4.06. The minimum Gasteiger partial charge on any atom is -0.490 e. The smallest absolute Gasteiger partial charge is 0.262 e. The summed E-state index contributed by atoms with van der Waals surface area (Å²) in [6.07, 6.45) is 1.51. The third-order valence-corrected chi connectivity index (χ3v) is 4.80. The zero-order valence-corrected chi connectivity index (χ0v) is 19.6. The van der Waals surface area contributed by atoms with E-state index in [1.807, 2.05) is 45.9 Å². The highest BCUT2D eigenvalue weighted by atomic mass is 79.9. The van der Waals surface area contributed by atoms with E-state index in [-0.39, 0.29) is 17.9 Å². The molecule has 0 radical (unpaired) electrons. The van der Waals surface area contributed by atoms with Crippen LogP contribution in [-0.4, -0.2) is 30.2 Å². The molecule has 0 aliphatic rings. The van der Waals surface area contributed by atoms with Crippen LogP contribution in [0.25, 0.3) is 0 Å². The summed E-state index contributed by atoms with van der Waals surface area (Å²) in [7, 11) is 0. The summed E-state index contributed by atoms with van der Waals surface area (Å²) in [5.41, 5.74) is 3.64. The van der Waals surface area contributed by atoms with Crippen LogP contribution in [0.2, 0.25) is 5.02 Å². The van der Waals surface area contributed by atoms with Crippen molar-refractivity contribution in [1.82, 2.24) is 10.7 Å². The normalized spacial score (nSPS) is 12.3. The second kappa shape index (κ2) is 11.1. The molecule has 0 bridgehead atoms. The first-order valence-corrected chi connectivity index (χ1v) is 10.7. The number of rotatable bonds is 8. The van der Waals surface area contributed by atoms with E-state index in [2.05, 4.69) is 31.8 Å². The summed E-state index contributed by atoms with van der Waals surface area (Å²) < 4.78 is 6.63. The van der Waals surface area contributed by atoms with Crippen LogP contribution in [0.4, 0.5) is 0 Å². The first-order valence-electron chi connectivity index (χ1n) is 9.53. The lowest BCUT2D eigenvalue weighted by molar-refractivity contribution is -0.123. The third kappa shape index (κ3) is 7.15. The first-order chi connectivity index (χ1) is 14.2. The van der Waals surface area contributed by atoms with E-state index in [1.54, 1.807) is 24.3 Å². The Hall–Kier alpha value is -2.38. The van der Waals surface area contributed by atoms with Crippen molar-refractivity contribution in [3.05, 3.63) is 63.1 Å². The van der Waals surface area contributed by atoms with Crippen LogP contribution in [0.5, 0.6) is 5.75 Å². The van der Waals surface area contributed by atoms with Gasteiger partial charge in [-0.2, -0.15) is 5.10 Å². The van der Waals surface area contributed by atoms with Crippen LogP contribution in [-0.2, 0) is 4.79 Å². The summed E-state index contributed by atoms with van der Waals surface area (Å²) in [5.74, 6) is -0.251. The van der Waals surface area contributed by atoms with Crippen molar-refractivity contribution in [3.8, 4) is 5.75 Å². The molecule has 1 unspecified atom stereocenters. The molecular weight excluding hydrogens is 470 g/mol. The monoisotopic (exact) mass is 493 g/mol. The van der Waals surface area contributed by atoms with Crippen molar-refractivity contribution in [2.75, 3.05) is 0 Å². The van der Waals surface area contributed by atoms with Crippen molar-refractivity contribution in [2.24, 2.45) is 11.0 Å². The topological polar surface area (TPSA) is 79.8 Å². The molecule has 0 spiro atoms. The molecule has 0 aliphatic carbocycles. The molecule has 0 saturated carbocycles. The summed E-state index contributed by atoms with van der Waals surface area (Å²) in [6, 6.07) is 11.3. The highest BCUT2D eigenvalue weighted by Gasteiger charge is 2.24. The van der Waals surface area contributed by atoms with Gasteiger partial charge in [-0.1, -0.05) is 41.4 Å². The number of carbonyl (C=O) groups excluding carboxylic acids is 2. The van der Waals surface area contributed by atoms with Crippen LogP contribution in [0.3, 0.4) is 0 Å². The van der Waals surface area contributed by atoms with Gasteiger partial charge in [-0.3, -0.25) is 9.59 Å².